The van der Waals surface area contributed by atoms with Gasteiger partial charge in [0.2, 0.25) is 0 Å². The topological polar surface area (TPSA) is 49.8 Å². The number of rotatable bonds is 6. The molecule has 4 rings (SSSR count). The van der Waals surface area contributed by atoms with Crippen LogP contribution in [0.4, 0.5) is 4.39 Å². The third kappa shape index (κ3) is 4.71. The van der Waals surface area contributed by atoms with Gasteiger partial charge in [0.15, 0.2) is 0 Å². The van der Waals surface area contributed by atoms with E-state index in [4.69, 9.17) is 33.0 Å². The van der Waals surface area contributed by atoms with Crippen molar-refractivity contribution in [1.82, 2.24) is 4.90 Å². The van der Waals surface area contributed by atoms with Gasteiger partial charge in [-0.15, -0.1) is 12.4 Å². The quantitative estimate of drug-likeness (QED) is 0.646. The van der Waals surface area contributed by atoms with Gasteiger partial charge in [0.25, 0.3) is 0 Å². The Bertz CT molecular complexity index is 878. The van der Waals surface area contributed by atoms with Gasteiger partial charge in [0.1, 0.15) is 17.7 Å². The van der Waals surface area contributed by atoms with Crippen LogP contribution < -0.4 is 4.74 Å². The van der Waals surface area contributed by atoms with Crippen molar-refractivity contribution in [2.45, 2.75) is 31.4 Å². The fraction of sp³-hybridized carbons (Fsp3) is 0.350. The normalized spacial score (nSPS) is 17.0. The van der Waals surface area contributed by atoms with Gasteiger partial charge in [-0.1, -0.05) is 23.2 Å². The summed E-state index contributed by atoms with van der Waals surface area (Å²) in [6.45, 7) is 1.99. The minimum absolute atomic E-state index is 0. The second kappa shape index (κ2) is 8.46. The van der Waals surface area contributed by atoms with E-state index in [-0.39, 0.29) is 24.1 Å². The van der Waals surface area contributed by atoms with Gasteiger partial charge < -0.3 is 9.84 Å². The Labute approximate surface area is 178 Å². The SMILES string of the molecule is Cl.O=C(O)c1cc(C2CC2)c(CN2CC(Oc3cc(Cl)cc(Cl)c3)C2)cc1F. The average molecular weight is 447 g/mol. The summed E-state index contributed by atoms with van der Waals surface area (Å²) >= 11 is 12.0. The molecule has 2 fully saturated rings. The van der Waals surface area contributed by atoms with Crippen LogP contribution in [0.1, 0.15) is 40.2 Å². The first-order chi connectivity index (χ1) is 12.9. The molecule has 1 aliphatic carbocycles. The Balaban J connectivity index is 0.00000225. The molecule has 0 spiro atoms. The Morgan fingerprint density at radius 2 is 1.79 bits per heavy atom. The van der Waals surface area contributed by atoms with E-state index < -0.39 is 11.8 Å². The van der Waals surface area contributed by atoms with E-state index in [1.54, 1.807) is 18.2 Å². The lowest BCUT2D eigenvalue weighted by Gasteiger charge is -2.39. The number of nitrogens with zero attached hydrogens (tertiary/aromatic N) is 1. The van der Waals surface area contributed by atoms with E-state index in [2.05, 4.69) is 4.90 Å². The summed E-state index contributed by atoms with van der Waals surface area (Å²) in [5.41, 5.74) is 1.58. The van der Waals surface area contributed by atoms with E-state index in [1.807, 2.05) is 0 Å². The molecule has 8 heteroatoms. The van der Waals surface area contributed by atoms with E-state index >= 15 is 0 Å². The highest BCUT2D eigenvalue weighted by molar-refractivity contribution is 6.34. The molecule has 1 saturated heterocycles. The molecule has 1 N–H and O–H groups in total. The van der Waals surface area contributed by atoms with Crippen LogP contribution in [-0.2, 0) is 6.54 Å². The zero-order chi connectivity index (χ0) is 19.1. The Kier molecular flexibility index (Phi) is 6.40. The van der Waals surface area contributed by atoms with Gasteiger partial charge in [-0.3, -0.25) is 4.90 Å². The molecular weight excluding hydrogens is 428 g/mol. The number of carbonyl (C=O) groups is 1. The Morgan fingerprint density at radius 3 is 2.36 bits per heavy atom. The minimum Gasteiger partial charge on any atom is -0.488 e. The summed E-state index contributed by atoms with van der Waals surface area (Å²) in [5.74, 6) is -0.921. The summed E-state index contributed by atoms with van der Waals surface area (Å²) in [4.78, 5) is 13.3. The van der Waals surface area contributed by atoms with Crippen LogP contribution in [0.25, 0.3) is 0 Å². The molecule has 150 valence electrons. The second-order valence-electron chi connectivity index (χ2n) is 7.15. The molecular formula is C20H19Cl3FNO3. The number of hydrogen-bond donors (Lipinski definition) is 1. The van der Waals surface area contributed by atoms with Gasteiger partial charge >= 0.3 is 5.97 Å². The predicted molar refractivity (Wildman–Crippen MR) is 109 cm³/mol. The molecule has 0 atom stereocenters. The van der Waals surface area contributed by atoms with Crippen LogP contribution in [0.3, 0.4) is 0 Å². The number of halogens is 4. The molecule has 1 heterocycles. The highest BCUT2D eigenvalue weighted by atomic mass is 35.5. The summed E-state index contributed by atoms with van der Waals surface area (Å²) in [5, 5.41) is 10.2. The van der Waals surface area contributed by atoms with Crippen LogP contribution in [0.15, 0.2) is 30.3 Å². The number of aromatic carboxylic acids is 1. The first-order valence-electron chi connectivity index (χ1n) is 8.80. The van der Waals surface area contributed by atoms with Crippen molar-refractivity contribution in [3.8, 4) is 5.75 Å². The zero-order valence-electron chi connectivity index (χ0n) is 14.8. The molecule has 0 amide bonds. The number of hydrogen-bond acceptors (Lipinski definition) is 3. The molecule has 2 aromatic carbocycles. The minimum atomic E-state index is -1.22. The first-order valence-corrected chi connectivity index (χ1v) is 9.55. The highest BCUT2D eigenvalue weighted by Crippen LogP contribution is 2.43. The summed E-state index contributed by atoms with van der Waals surface area (Å²) < 4.78 is 20.0. The summed E-state index contributed by atoms with van der Waals surface area (Å²) in [7, 11) is 0. The Morgan fingerprint density at radius 1 is 1.14 bits per heavy atom. The molecule has 0 unspecified atom stereocenters. The molecule has 1 aliphatic heterocycles. The summed E-state index contributed by atoms with van der Waals surface area (Å²) in [6.07, 6.45) is 2.07. The third-order valence-electron chi connectivity index (χ3n) is 4.93. The Hall–Kier alpha value is -1.53. The van der Waals surface area contributed by atoms with Crippen LogP contribution in [0.5, 0.6) is 5.75 Å². The average Bonchev–Trinajstić information content (AvgIpc) is 3.36. The second-order valence-corrected chi connectivity index (χ2v) is 8.02. The number of likely N-dealkylation sites (tertiary alicyclic amines) is 1. The van der Waals surface area contributed by atoms with Crippen molar-refractivity contribution >= 4 is 41.6 Å². The smallest absolute Gasteiger partial charge is 0.338 e. The molecule has 1 saturated carbocycles. The molecule has 0 bridgehead atoms. The maximum atomic E-state index is 14.1. The van der Waals surface area contributed by atoms with E-state index in [0.29, 0.717) is 41.3 Å². The number of carboxylic acid groups (broad SMARTS) is 1. The molecule has 0 aromatic heterocycles. The van der Waals surface area contributed by atoms with Crippen molar-refractivity contribution < 1.29 is 19.0 Å². The molecule has 2 aliphatic rings. The van der Waals surface area contributed by atoms with Gasteiger partial charge in [-0.25, -0.2) is 9.18 Å². The van der Waals surface area contributed by atoms with Gasteiger partial charge in [-0.05, 0) is 60.2 Å². The van der Waals surface area contributed by atoms with Crippen molar-refractivity contribution in [3.05, 3.63) is 62.9 Å². The zero-order valence-corrected chi connectivity index (χ0v) is 17.2. The van der Waals surface area contributed by atoms with Crippen LogP contribution in [-0.4, -0.2) is 35.2 Å². The lowest BCUT2D eigenvalue weighted by atomic mass is 9.98. The number of ether oxygens (including phenoxy) is 1. The standard InChI is InChI=1S/C20H18Cl2FNO3.ClH/c21-13-4-14(22)6-15(5-13)27-16-9-24(10-16)8-12-3-19(23)18(20(25)26)7-17(12)11-1-2-11;/h3-7,11,16H,1-2,8-10H2,(H,25,26);1H. The van der Waals surface area contributed by atoms with Crippen LogP contribution in [0, 0.1) is 5.82 Å². The van der Waals surface area contributed by atoms with Crippen molar-refractivity contribution in [2.75, 3.05) is 13.1 Å². The fourth-order valence-corrected chi connectivity index (χ4v) is 3.97. The molecule has 2 aromatic rings. The molecule has 4 nitrogen and oxygen atoms in total. The fourth-order valence-electron chi connectivity index (χ4n) is 3.46. The van der Waals surface area contributed by atoms with E-state index in [1.165, 1.54) is 12.1 Å². The monoisotopic (exact) mass is 445 g/mol. The highest BCUT2D eigenvalue weighted by Gasteiger charge is 2.32. The van der Waals surface area contributed by atoms with Crippen molar-refractivity contribution in [3.63, 3.8) is 0 Å². The predicted octanol–water partition coefficient (Wildman–Crippen LogP) is 5.39. The van der Waals surface area contributed by atoms with Crippen LogP contribution in [0.2, 0.25) is 10.0 Å². The van der Waals surface area contributed by atoms with Crippen LogP contribution >= 0.6 is 35.6 Å². The van der Waals surface area contributed by atoms with Gasteiger partial charge in [-0.2, -0.15) is 0 Å². The first kappa shape index (κ1) is 21.2. The van der Waals surface area contributed by atoms with Crippen molar-refractivity contribution in [2.24, 2.45) is 0 Å². The van der Waals surface area contributed by atoms with E-state index in [9.17, 15) is 9.18 Å². The number of benzene rings is 2. The lowest BCUT2D eigenvalue weighted by Crippen LogP contribution is -2.53. The van der Waals surface area contributed by atoms with E-state index in [0.717, 1.165) is 24.0 Å². The summed E-state index contributed by atoms with van der Waals surface area (Å²) in [6, 6.07) is 7.98. The lowest BCUT2D eigenvalue weighted by molar-refractivity contribution is 0.0144. The molecule has 28 heavy (non-hydrogen) atoms. The maximum absolute atomic E-state index is 14.1. The third-order valence-corrected chi connectivity index (χ3v) is 5.37. The van der Waals surface area contributed by atoms with Gasteiger partial charge in [0.05, 0.1) is 5.56 Å². The van der Waals surface area contributed by atoms with Gasteiger partial charge in [0, 0.05) is 29.7 Å². The number of carboxylic acids is 1. The largest absolute Gasteiger partial charge is 0.488 e. The maximum Gasteiger partial charge on any atom is 0.338 e. The molecule has 0 radical (unpaired) electrons. The van der Waals surface area contributed by atoms with Crippen molar-refractivity contribution in [1.29, 1.82) is 0 Å².